The average molecular weight is 209 g/mol. The number of hydrogen-bond donors (Lipinski definition) is 2. The van der Waals surface area contributed by atoms with E-state index in [0.717, 1.165) is 18.8 Å². The lowest BCUT2D eigenvalue weighted by atomic mass is 10.0. The van der Waals surface area contributed by atoms with Crippen molar-refractivity contribution in [1.29, 1.82) is 0 Å². The van der Waals surface area contributed by atoms with E-state index in [-0.39, 0.29) is 17.9 Å². The van der Waals surface area contributed by atoms with Crippen LogP contribution in [0.25, 0.3) is 0 Å². The first-order valence-electron chi connectivity index (χ1n) is 5.10. The van der Waals surface area contributed by atoms with Crippen LogP contribution in [0.15, 0.2) is 10.6 Å². The minimum absolute atomic E-state index is 0.0668. The summed E-state index contributed by atoms with van der Waals surface area (Å²) in [6, 6.07) is -0.160. The molecule has 1 amide bonds. The van der Waals surface area contributed by atoms with Crippen LogP contribution in [0.1, 0.15) is 24.6 Å². The molecule has 0 spiro atoms. The molecule has 2 N–H and O–H groups in total. The molecule has 0 radical (unpaired) electrons. The number of carbonyl (C=O) groups excluding carboxylic acids is 1. The fraction of sp³-hybridized carbons (Fsp3) is 0.600. The van der Waals surface area contributed by atoms with Gasteiger partial charge in [-0.05, 0) is 13.8 Å². The van der Waals surface area contributed by atoms with Gasteiger partial charge in [-0.3, -0.25) is 4.79 Å². The molecule has 2 rings (SSSR count). The van der Waals surface area contributed by atoms with Gasteiger partial charge in [0.05, 0.1) is 12.1 Å². The van der Waals surface area contributed by atoms with E-state index in [0.29, 0.717) is 5.89 Å². The van der Waals surface area contributed by atoms with Gasteiger partial charge in [-0.2, -0.15) is 0 Å². The number of nitrogens with one attached hydrogen (secondary N) is 2. The number of amides is 1. The van der Waals surface area contributed by atoms with Gasteiger partial charge < -0.3 is 15.1 Å². The van der Waals surface area contributed by atoms with Crippen LogP contribution in [-0.4, -0.2) is 24.0 Å². The zero-order valence-electron chi connectivity index (χ0n) is 8.91. The number of carbonyl (C=O) groups is 1. The Morgan fingerprint density at radius 1 is 1.73 bits per heavy atom. The SMILES string of the molecule is Cc1cnc(C(C)NC(=O)C2CNC2)o1. The maximum absolute atomic E-state index is 11.6. The molecule has 5 nitrogen and oxygen atoms in total. The predicted molar refractivity (Wildman–Crippen MR) is 54.2 cm³/mol. The Morgan fingerprint density at radius 3 is 2.93 bits per heavy atom. The Bertz CT molecular complexity index is 357. The first-order valence-corrected chi connectivity index (χ1v) is 5.10. The maximum atomic E-state index is 11.6. The Hall–Kier alpha value is -1.36. The summed E-state index contributed by atoms with van der Waals surface area (Å²) in [6.07, 6.45) is 1.66. The van der Waals surface area contributed by atoms with Gasteiger partial charge in [0.15, 0.2) is 0 Å². The molecule has 1 atom stereocenters. The van der Waals surface area contributed by atoms with E-state index in [2.05, 4.69) is 15.6 Å². The molecule has 0 aliphatic carbocycles. The van der Waals surface area contributed by atoms with Crippen LogP contribution < -0.4 is 10.6 Å². The van der Waals surface area contributed by atoms with E-state index < -0.39 is 0 Å². The number of aryl methyl sites for hydroxylation is 1. The minimum Gasteiger partial charge on any atom is -0.444 e. The van der Waals surface area contributed by atoms with Gasteiger partial charge in [0.25, 0.3) is 0 Å². The highest BCUT2D eigenvalue weighted by Crippen LogP contribution is 2.13. The fourth-order valence-corrected chi connectivity index (χ4v) is 1.44. The third-order valence-corrected chi connectivity index (χ3v) is 2.52. The van der Waals surface area contributed by atoms with E-state index in [1.807, 2.05) is 13.8 Å². The third-order valence-electron chi connectivity index (χ3n) is 2.52. The number of rotatable bonds is 3. The molecular formula is C10H15N3O2. The highest BCUT2D eigenvalue weighted by molar-refractivity contribution is 5.80. The van der Waals surface area contributed by atoms with Gasteiger partial charge in [0.1, 0.15) is 11.8 Å². The van der Waals surface area contributed by atoms with E-state index in [1.54, 1.807) is 6.20 Å². The van der Waals surface area contributed by atoms with Crippen molar-refractivity contribution < 1.29 is 9.21 Å². The van der Waals surface area contributed by atoms with Crippen LogP contribution in [0.5, 0.6) is 0 Å². The molecule has 1 aliphatic heterocycles. The molecular weight excluding hydrogens is 194 g/mol. The van der Waals surface area contributed by atoms with Gasteiger partial charge in [0, 0.05) is 13.1 Å². The zero-order chi connectivity index (χ0) is 10.8. The summed E-state index contributed by atoms with van der Waals surface area (Å²) in [5, 5.41) is 5.94. The van der Waals surface area contributed by atoms with Gasteiger partial charge in [-0.15, -0.1) is 0 Å². The lowest BCUT2D eigenvalue weighted by Gasteiger charge is -2.26. The number of hydrogen-bond acceptors (Lipinski definition) is 4. The molecule has 0 saturated carbocycles. The quantitative estimate of drug-likeness (QED) is 0.755. The van der Waals surface area contributed by atoms with Gasteiger partial charge in [0.2, 0.25) is 11.8 Å². The van der Waals surface area contributed by atoms with Crippen molar-refractivity contribution in [3.8, 4) is 0 Å². The molecule has 0 bridgehead atoms. The Kier molecular flexibility index (Phi) is 2.73. The van der Waals surface area contributed by atoms with Crippen LogP contribution in [0.2, 0.25) is 0 Å². The van der Waals surface area contributed by atoms with Crippen molar-refractivity contribution in [2.24, 2.45) is 5.92 Å². The van der Waals surface area contributed by atoms with E-state index in [9.17, 15) is 4.79 Å². The molecule has 5 heteroatoms. The minimum atomic E-state index is -0.160. The van der Waals surface area contributed by atoms with Crippen molar-refractivity contribution in [2.45, 2.75) is 19.9 Å². The molecule has 1 saturated heterocycles. The topological polar surface area (TPSA) is 67.2 Å². The van der Waals surface area contributed by atoms with Crippen molar-refractivity contribution >= 4 is 5.91 Å². The van der Waals surface area contributed by atoms with E-state index >= 15 is 0 Å². The van der Waals surface area contributed by atoms with Crippen LogP contribution in [0.3, 0.4) is 0 Å². The summed E-state index contributed by atoms with van der Waals surface area (Å²) in [7, 11) is 0. The second kappa shape index (κ2) is 4.02. The Balaban J connectivity index is 1.91. The van der Waals surface area contributed by atoms with Crippen molar-refractivity contribution in [3.05, 3.63) is 17.8 Å². The number of nitrogens with zero attached hydrogens (tertiary/aromatic N) is 1. The number of oxazole rings is 1. The van der Waals surface area contributed by atoms with Crippen LogP contribution in [0, 0.1) is 12.8 Å². The monoisotopic (exact) mass is 209 g/mol. The van der Waals surface area contributed by atoms with Crippen LogP contribution in [0.4, 0.5) is 0 Å². The Labute approximate surface area is 88.3 Å². The van der Waals surface area contributed by atoms with E-state index in [4.69, 9.17) is 4.42 Å². The molecule has 1 aliphatic rings. The lowest BCUT2D eigenvalue weighted by Crippen LogP contribution is -2.51. The van der Waals surface area contributed by atoms with Gasteiger partial charge in [-0.1, -0.05) is 0 Å². The molecule has 1 fully saturated rings. The van der Waals surface area contributed by atoms with Gasteiger partial charge in [-0.25, -0.2) is 4.98 Å². The first kappa shape index (κ1) is 10.2. The largest absolute Gasteiger partial charge is 0.444 e. The second-order valence-corrected chi connectivity index (χ2v) is 3.89. The average Bonchev–Trinajstić information content (AvgIpc) is 2.48. The van der Waals surface area contributed by atoms with Crippen molar-refractivity contribution in [3.63, 3.8) is 0 Å². The molecule has 1 aromatic heterocycles. The number of aromatic nitrogens is 1. The molecule has 82 valence electrons. The van der Waals surface area contributed by atoms with Crippen molar-refractivity contribution in [2.75, 3.05) is 13.1 Å². The molecule has 0 aromatic carbocycles. The summed E-state index contributed by atoms with van der Waals surface area (Å²) < 4.78 is 5.34. The third kappa shape index (κ3) is 2.18. The van der Waals surface area contributed by atoms with Crippen LogP contribution in [-0.2, 0) is 4.79 Å². The summed E-state index contributed by atoms with van der Waals surface area (Å²) in [4.78, 5) is 15.7. The smallest absolute Gasteiger partial charge is 0.226 e. The predicted octanol–water partition coefficient (Wildman–Crippen LogP) is 0.380. The summed E-state index contributed by atoms with van der Waals surface area (Å²) >= 11 is 0. The lowest BCUT2D eigenvalue weighted by molar-refractivity contribution is -0.127. The highest BCUT2D eigenvalue weighted by atomic mass is 16.4. The molecule has 2 heterocycles. The van der Waals surface area contributed by atoms with E-state index in [1.165, 1.54) is 0 Å². The molecule has 1 aromatic rings. The molecule has 15 heavy (non-hydrogen) atoms. The zero-order valence-corrected chi connectivity index (χ0v) is 8.91. The summed E-state index contributed by atoms with van der Waals surface area (Å²) in [5.41, 5.74) is 0. The fourth-order valence-electron chi connectivity index (χ4n) is 1.44. The Morgan fingerprint density at radius 2 is 2.47 bits per heavy atom. The highest BCUT2D eigenvalue weighted by Gasteiger charge is 2.26. The van der Waals surface area contributed by atoms with Gasteiger partial charge >= 0.3 is 0 Å². The second-order valence-electron chi connectivity index (χ2n) is 3.89. The maximum Gasteiger partial charge on any atom is 0.226 e. The first-order chi connectivity index (χ1) is 7.16. The normalized spacial score (nSPS) is 18.3. The van der Waals surface area contributed by atoms with Crippen molar-refractivity contribution in [1.82, 2.24) is 15.6 Å². The molecule has 1 unspecified atom stereocenters. The summed E-state index contributed by atoms with van der Waals surface area (Å²) in [5.74, 6) is 1.49. The summed E-state index contributed by atoms with van der Waals surface area (Å²) in [6.45, 7) is 5.24. The van der Waals surface area contributed by atoms with Crippen LogP contribution >= 0.6 is 0 Å². The standard InChI is InChI=1S/C10H15N3O2/c1-6-3-12-10(15-6)7(2)13-9(14)8-4-11-5-8/h3,7-8,11H,4-5H2,1-2H3,(H,13,14).